The topological polar surface area (TPSA) is 84.9 Å². The van der Waals surface area contributed by atoms with Gasteiger partial charge in [-0.05, 0) is 49.8 Å². The fourth-order valence-corrected chi connectivity index (χ4v) is 3.16. The standard InChI is InChI=1S/C19H27NO5/c1-12(2)15(19(22)20-23)11-16(21)13-8-9-17(24-3)18(10-13)25-14-6-4-5-7-14/h8-10,12,14-15,23H,4-7,11H2,1-3H3,(H,20,22)/t15-/m1/s1. The van der Waals surface area contributed by atoms with Crippen LogP contribution in [0.15, 0.2) is 18.2 Å². The Labute approximate surface area is 148 Å². The summed E-state index contributed by atoms with van der Waals surface area (Å²) >= 11 is 0. The van der Waals surface area contributed by atoms with Crippen LogP contribution in [0.1, 0.15) is 56.3 Å². The van der Waals surface area contributed by atoms with E-state index in [-0.39, 0.29) is 24.2 Å². The SMILES string of the molecule is COc1ccc(C(=O)C[C@@H](C(=O)NO)C(C)C)cc1OC1CCCC1. The molecule has 0 saturated heterocycles. The summed E-state index contributed by atoms with van der Waals surface area (Å²) in [4.78, 5) is 24.4. The van der Waals surface area contributed by atoms with Crippen LogP contribution >= 0.6 is 0 Å². The number of benzene rings is 1. The van der Waals surface area contributed by atoms with Crippen LogP contribution in [0.25, 0.3) is 0 Å². The molecule has 0 unspecified atom stereocenters. The number of nitrogens with one attached hydrogen (secondary N) is 1. The van der Waals surface area contributed by atoms with Crippen LogP contribution in [-0.4, -0.2) is 30.1 Å². The Balaban J connectivity index is 2.16. The number of carbonyl (C=O) groups is 2. The average molecular weight is 349 g/mol. The largest absolute Gasteiger partial charge is 0.493 e. The van der Waals surface area contributed by atoms with Crippen molar-refractivity contribution < 1.29 is 24.3 Å². The molecule has 0 aliphatic heterocycles. The molecule has 1 amide bonds. The van der Waals surface area contributed by atoms with Crippen molar-refractivity contribution in [1.29, 1.82) is 0 Å². The van der Waals surface area contributed by atoms with Gasteiger partial charge in [-0.25, -0.2) is 5.48 Å². The Hall–Kier alpha value is -2.08. The molecule has 2 rings (SSSR count). The van der Waals surface area contributed by atoms with E-state index < -0.39 is 11.8 Å². The molecule has 1 aliphatic carbocycles. The summed E-state index contributed by atoms with van der Waals surface area (Å²) in [7, 11) is 1.57. The van der Waals surface area contributed by atoms with Crippen molar-refractivity contribution in [3.63, 3.8) is 0 Å². The molecule has 0 bridgehead atoms. The zero-order valence-corrected chi connectivity index (χ0v) is 15.1. The predicted octanol–water partition coefficient (Wildman–Crippen LogP) is 3.37. The minimum Gasteiger partial charge on any atom is -0.493 e. The maximum atomic E-state index is 12.6. The molecule has 1 aromatic carbocycles. The summed E-state index contributed by atoms with van der Waals surface area (Å²) in [5.74, 6) is -0.201. The van der Waals surface area contributed by atoms with Gasteiger partial charge in [-0.3, -0.25) is 14.8 Å². The summed E-state index contributed by atoms with van der Waals surface area (Å²) < 4.78 is 11.3. The molecule has 0 spiro atoms. The highest BCUT2D eigenvalue weighted by atomic mass is 16.5. The molecule has 138 valence electrons. The minimum absolute atomic E-state index is 0.0270. The highest BCUT2D eigenvalue weighted by molar-refractivity contribution is 5.99. The first-order chi connectivity index (χ1) is 12.0. The van der Waals surface area contributed by atoms with Crippen molar-refractivity contribution in [1.82, 2.24) is 5.48 Å². The van der Waals surface area contributed by atoms with Gasteiger partial charge in [0, 0.05) is 17.9 Å². The molecule has 1 saturated carbocycles. The highest BCUT2D eigenvalue weighted by Gasteiger charge is 2.26. The van der Waals surface area contributed by atoms with Crippen molar-refractivity contribution in [2.75, 3.05) is 7.11 Å². The van der Waals surface area contributed by atoms with E-state index in [2.05, 4.69) is 0 Å². The van der Waals surface area contributed by atoms with Crippen LogP contribution in [0.4, 0.5) is 0 Å². The van der Waals surface area contributed by atoms with Crippen molar-refractivity contribution in [3.05, 3.63) is 23.8 Å². The molecule has 0 aromatic heterocycles. The van der Waals surface area contributed by atoms with E-state index in [0.29, 0.717) is 17.1 Å². The van der Waals surface area contributed by atoms with Gasteiger partial charge >= 0.3 is 0 Å². The molecule has 6 heteroatoms. The highest BCUT2D eigenvalue weighted by Crippen LogP contribution is 2.33. The lowest BCUT2D eigenvalue weighted by molar-refractivity contribution is -0.134. The number of hydrogen-bond donors (Lipinski definition) is 2. The van der Waals surface area contributed by atoms with E-state index in [4.69, 9.17) is 14.7 Å². The summed E-state index contributed by atoms with van der Waals surface area (Å²) in [5.41, 5.74) is 2.12. The van der Waals surface area contributed by atoms with Crippen molar-refractivity contribution in [2.24, 2.45) is 11.8 Å². The number of methoxy groups -OCH3 is 1. The van der Waals surface area contributed by atoms with Crippen LogP contribution < -0.4 is 15.0 Å². The molecule has 6 nitrogen and oxygen atoms in total. The van der Waals surface area contributed by atoms with Crippen LogP contribution in [0.2, 0.25) is 0 Å². The van der Waals surface area contributed by atoms with Crippen LogP contribution in [-0.2, 0) is 4.79 Å². The number of ketones is 1. The molecule has 1 aliphatic rings. The number of Topliss-reactive ketones (excluding diaryl/α,β-unsaturated/α-hetero) is 1. The maximum absolute atomic E-state index is 12.6. The Kier molecular flexibility index (Phi) is 6.82. The molecular formula is C19H27NO5. The monoisotopic (exact) mass is 349 g/mol. The molecule has 25 heavy (non-hydrogen) atoms. The van der Waals surface area contributed by atoms with E-state index >= 15 is 0 Å². The van der Waals surface area contributed by atoms with Gasteiger partial charge in [0.25, 0.3) is 0 Å². The lowest BCUT2D eigenvalue weighted by atomic mass is 9.88. The van der Waals surface area contributed by atoms with Gasteiger partial charge in [-0.15, -0.1) is 0 Å². The van der Waals surface area contributed by atoms with E-state index in [9.17, 15) is 9.59 Å². The Morgan fingerprint density at radius 1 is 1.24 bits per heavy atom. The van der Waals surface area contributed by atoms with Crippen molar-refractivity contribution >= 4 is 11.7 Å². The van der Waals surface area contributed by atoms with Crippen LogP contribution in [0, 0.1) is 11.8 Å². The molecule has 1 aromatic rings. The third-order valence-corrected chi connectivity index (χ3v) is 4.74. The van der Waals surface area contributed by atoms with Crippen LogP contribution in [0.5, 0.6) is 11.5 Å². The van der Waals surface area contributed by atoms with Gasteiger partial charge < -0.3 is 9.47 Å². The summed E-state index contributed by atoms with van der Waals surface area (Å²) in [6, 6.07) is 5.08. The third kappa shape index (κ3) is 4.95. The fraction of sp³-hybridized carbons (Fsp3) is 0.579. The van der Waals surface area contributed by atoms with Crippen molar-refractivity contribution in [3.8, 4) is 11.5 Å². The summed E-state index contributed by atoms with van der Waals surface area (Å²) in [6.45, 7) is 3.69. The van der Waals surface area contributed by atoms with Gasteiger partial charge in [0.15, 0.2) is 17.3 Å². The quantitative estimate of drug-likeness (QED) is 0.427. The molecule has 0 heterocycles. The first kappa shape index (κ1) is 19.2. The second-order valence-electron chi connectivity index (χ2n) is 6.84. The fourth-order valence-electron chi connectivity index (χ4n) is 3.16. The summed E-state index contributed by atoms with van der Waals surface area (Å²) in [5, 5.41) is 8.86. The molecular weight excluding hydrogens is 322 g/mol. The first-order valence-electron chi connectivity index (χ1n) is 8.78. The zero-order chi connectivity index (χ0) is 18.4. The lowest BCUT2D eigenvalue weighted by Crippen LogP contribution is -2.32. The van der Waals surface area contributed by atoms with Gasteiger partial charge in [-0.1, -0.05) is 13.8 Å². The lowest BCUT2D eigenvalue weighted by Gasteiger charge is -2.19. The van der Waals surface area contributed by atoms with Gasteiger partial charge in [0.2, 0.25) is 5.91 Å². The van der Waals surface area contributed by atoms with Crippen LogP contribution in [0.3, 0.4) is 0 Å². The maximum Gasteiger partial charge on any atom is 0.247 e. The number of ether oxygens (including phenoxy) is 2. The van der Waals surface area contributed by atoms with Gasteiger partial charge in [0.05, 0.1) is 13.2 Å². The number of hydroxylamine groups is 1. The third-order valence-electron chi connectivity index (χ3n) is 4.74. The Morgan fingerprint density at radius 2 is 1.92 bits per heavy atom. The second kappa shape index (κ2) is 8.85. The van der Waals surface area contributed by atoms with Crippen molar-refractivity contribution in [2.45, 2.75) is 52.1 Å². The van der Waals surface area contributed by atoms with Gasteiger partial charge in [-0.2, -0.15) is 0 Å². The zero-order valence-electron chi connectivity index (χ0n) is 15.1. The molecule has 0 radical (unpaired) electrons. The number of amides is 1. The second-order valence-corrected chi connectivity index (χ2v) is 6.84. The number of rotatable bonds is 8. The van der Waals surface area contributed by atoms with E-state index in [0.717, 1.165) is 25.7 Å². The smallest absolute Gasteiger partial charge is 0.247 e. The Morgan fingerprint density at radius 3 is 2.48 bits per heavy atom. The van der Waals surface area contributed by atoms with E-state index in [1.165, 1.54) is 0 Å². The summed E-state index contributed by atoms with van der Waals surface area (Å²) in [6.07, 6.45) is 4.50. The number of carbonyl (C=O) groups excluding carboxylic acids is 2. The molecule has 1 atom stereocenters. The minimum atomic E-state index is -0.584. The molecule has 1 fully saturated rings. The number of hydrogen-bond acceptors (Lipinski definition) is 5. The van der Waals surface area contributed by atoms with E-state index in [1.807, 2.05) is 13.8 Å². The predicted molar refractivity (Wildman–Crippen MR) is 93.1 cm³/mol. The normalized spacial score (nSPS) is 15.9. The van der Waals surface area contributed by atoms with Gasteiger partial charge in [0.1, 0.15) is 0 Å². The molecule has 2 N–H and O–H groups in total. The van der Waals surface area contributed by atoms with E-state index in [1.54, 1.807) is 30.8 Å². The first-order valence-corrected chi connectivity index (χ1v) is 8.78. The Bertz CT molecular complexity index is 608. The average Bonchev–Trinajstić information content (AvgIpc) is 3.11.